The summed E-state index contributed by atoms with van der Waals surface area (Å²) >= 11 is 0. The van der Waals surface area contributed by atoms with E-state index in [1.807, 2.05) is 6.08 Å². The SMILES string of the molecule is CC(C)(C(=O)O)C1=CCNC1. The van der Waals surface area contributed by atoms with E-state index in [-0.39, 0.29) is 0 Å². The van der Waals surface area contributed by atoms with Gasteiger partial charge in [-0.1, -0.05) is 6.08 Å². The lowest BCUT2D eigenvalue weighted by Gasteiger charge is -2.20. The van der Waals surface area contributed by atoms with Crippen LogP contribution in [0.25, 0.3) is 0 Å². The topological polar surface area (TPSA) is 49.3 Å². The average molecular weight is 155 g/mol. The molecule has 0 aromatic heterocycles. The van der Waals surface area contributed by atoms with Gasteiger partial charge in [-0.05, 0) is 19.4 Å². The largest absolute Gasteiger partial charge is 0.481 e. The molecule has 1 aliphatic heterocycles. The van der Waals surface area contributed by atoms with Crippen molar-refractivity contribution in [2.24, 2.45) is 5.41 Å². The van der Waals surface area contributed by atoms with E-state index >= 15 is 0 Å². The van der Waals surface area contributed by atoms with Crippen molar-refractivity contribution in [2.45, 2.75) is 13.8 Å². The molecule has 0 aliphatic carbocycles. The molecule has 0 bridgehead atoms. The van der Waals surface area contributed by atoms with Crippen LogP contribution in [0.5, 0.6) is 0 Å². The zero-order valence-corrected chi connectivity index (χ0v) is 6.85. The number of aliphatic carboxylic acids is 1. The first-order chi connectivity index (χ1) is 5.05. The molecule has 11 heavy (non-hydrogen) atoms. The summed E-state index contributed by atoms with van der Waals surface area (Å²) in [6.45, 7) is 4.97. The quantitative estimate of drug-likeness (QED) is 0.575. The number of rotatable bonds is 2. The molecule has 62 valence electrons. The molecule has 0 saturated heterocycles. The molecule has 1 heterocycles. The van der Waals surface area contributed by atoms with Crippen LogP contribution in [0.15, 0.2) is 11.6 Å². The monoisotopic (exact) mass is 155 g/mol. The summed E-state index contributed by atoms with van der Waals surface area (Å²) in [5.41, 5.74) is 0.272. The highest BCUT2D eigenvalue weighted by molar-refractivity contribution is 5.77. The lowest BCUT2D eigenvalue weighted by Crippen LogP contribution is -2.28. The van der Waals surface area contributed by atoms with Crippen molar-refractivity contribution in [2.75, 3.05) is 13.1 Å². The number of carbonyl (C=O) groups is 1. The number of hydrogen-bond donors (Lipinski definition) is 2. The van der Waals surface area contributed by atoms with Crippen molar-refractivity contribution in [1.82, 2.24) is 5.32 Å². The van der Waals surface area contributed by atoms with Crippen LogP contribution in [0, 0.1) is 5.41 Å². The predicted octanol–water partition coefficient (Wildman–Crippen LogP) is 0.627. The Morgan fingerprint density at radius 2 is 2.36 bits per heavy atom. The van der Waals surface area contributed by atoms with Gasteiger partial charge in [0.05, 0.1) is 5.41 Å². The molecule has 0 atom stereocenters. The zero-order chi connectivity index (χ0) is 8.48. The van der Waals surface area contributed by atoms with Gasteiger partial charge in [-0.2, -0.15) is 0 Å². The second-order valence-electron chi connectivity index (χ2n) is 3.29. The summed E-state index contributed by atoms with van der Waals surface area (Å²) in [5.74, 6) is -0.757. The summed E-state index contributed by atoms with van der Waals surface area (Å²) in [6, 6.07) is 0. The third-order valence-electron chi connectivity index (χ3n) is 2.15. The predicted molar refractivity (Wildman–Crippen MR) is 42.4 cm³/mol. The molecule has 0 radical (unpaired) electrons. The fourth-order valence-corrected chi connectivity index (χ4v) is 1.09. The molecule has 0 aromatic rings. The first-order valence-electron chi connectivity index (χ1n) is 3.69. The van der Waals surface area contributed by atoms with Gasteiger partial charge in [0.15, 0.2) is 0 Å². The summed E-state index contributed by atoms with van der Waals surface area (Å²) in [5, 5.41) is 11.9. The van der Waals surface area contributed by atoms with Crippen LogP contribution < -0.4 is 5.32 Å². The fourth-order valence-electron chi connectivity index (χ4n) is 1.09. The Morgan fingerprint density at radius 1 is 1.73 bits per heavy atom. The number of carboxylic acids is 1. The molecule has 0 unspecified atom stereocenters. The Bertz CT molecular complexity index is 206. The van der Waals surface area contributed by atoms with Crippen molar-refractivity contribution in [1.29, 1.82) is 0 Å². The van der Waals surface area contributed by atoms with Crippen molar-refractivity contribution in [3.63, 3.8) is 0 Å². The van der Waals surface area contributed by atoms with E-state index in [0.29, 0.717) is 6.54 Å². The van der Waals surface area contributed by atoms with Gasteiger partial charge in [-0.25, -0.2) is 0 Å². The van der Waals surface area contributed by atoms with Crippen molar-refractivity contribution in [3.05, 3.63) is 11.6 Å². The Morgan fingerprint density at radius 3 is 2.73 bits per heavy atom. The van der Waals surface area contributed by atoms with Gasteiger partial charge in [0.2, 0.25) is 0 Å². The highest BCUT2D eigenvalue weighted by Crippen LogP contribution is 2.27. The summed E-state index contributed by atoms with van der Waals surface area (Å²) < 4.78 is 0. The van der Waals surface area contributed by atoms with E-state index in [0.717, 1.165) is 12.1 Å². The van der Waals surface area contributed by atoms with E-state index < -0.39 is 11.4 Å². The Hall–Kier alpha value is -0.830. The molecule has 3 nitrogen and oxygen atoms in total. The van der Waals surface area contributed by atoms with Crippen LogP contribution in [-0.2, 0) is 4.79 Å². The minimum absolute atomic E-state index is 0.705. The van der Waals surface area contributed by atoms with Crippen molar-refractivity contribution >= 4 is 5.97 Å². The van der Waals surface area contributed by atoms with E-state index in [2.05, 4.69) is 5.32 Å². The first-order valence-corrected chi connectivity index (χ1v) is 3.69. The zero-order valence-electron chi connectivity index (χ0n) is 6.85. The Labute approximate surface area is 66.1 Å². The molecule has 0 aromatic carbocycles. The number of carboxylic acid groups (broad SMARTS) is 1. The van der Waals surface area contributed by atoms with Gasteiger partial charge in [0.1, 0.15) is 0 Å². The minimum Gasteiger partial charge on any atom is -0.481 e. The van der Waals surface area contributed by atoms with Gasteiger partial charge in [-0.3, -0.25) is 4.79 Å². The fraction of sp³-hybridized carbons (Fsp3) is 0.625. The van der Waals surface area contributed by atoms with Crippen LogP contribution in [0.3, 0.4) is 0 Å². The normalized spacial score (nSPS) is 18.2. The lowest BCUT2D eigenvalue weighted by molar-refractivity contribution is -0.144. The van der Waals surface area contributed by atoms with Crippen LogP contribution in [-0.4, -0.2) is 24.2 Å². The van der Waals surface area contributed by atoms with Gasteiger partial charge in [0, 0.05) is 13.1 Å². The van der Waals surface area contributed by atoms with E-state index in [1.54, 1.807) is 13.8 Å². The van der Waals surface area contributed by atoms with Gasteiger partial charge in [0.25, 0.3) is 0 Å². The number of hydrogen-bond acceptors (Lipinski definition) is 2. The van der Waals surface area contributed by atoms with E-state index in [9.17, 15) is 4.79 Å². The van der Waals surface area contributed by atoms with Gasteiger partial charge >= 0.3 is 5.97 Å². The highest BCUT2D eigenvalue weighted by Gasteiger charge is 2.32. The van der Waals surface area contributed by atoms with Crippen LogP contribution in [0.2, 0.25) is 0 Å². The molecule has 0 amide bonds. The third kappa shape index (κ3) is 1.43. The molecule has 3 heteroatoms. The van der Waals surface area contributed by atoms with Crippen LogP contribution >= 0.6 is 0 Å². The molecular weight excluding hydrogens is 142 g/mol. The molecule has 0 saturated carbocycles. The molecule has 0 fully saturated rings. The average Bonchev–Trinajstić information content (AvgIpc) is 2.37. The maximum absolute atomic E-state index is 10.7. The Balaban J connectivity index is 2.79. The maximum Gasteiger partial charge on any atom is 0.313 e. The summed E-state index contributed by atoms with van der Waals surface area (Å²) in [7, 11) is 0. The van der Waals surface area contributed by atoms with E-state index in [1.165, 1.54) is 0 Å². The maximum atomic E-state index is 10.7. The van der Waals surface area contributed by atoms with Crippen molar-refractivity contribution < 1.29 is 9.90 Å². The standard InChI is InChI=1S/C8H13NO2/c1-8(2,7(10)11)6-3-4-9-5-6/h3,9H,4-5H2,1-2H3,(H,10,11). The molecular formula is C8H13NO2. The van der Waals surface area contributed by atoms with Crippen molar-refractivity contribution in [3.8, 4) is 0 Å². The summed E-state index contributed by atoms with van der Waals surface area (Å²) in [4.78, 5) is 10.7. The highest BCUT2D eigenvalue weighted by atomic mass is 16.4. The minimum atomic E-state index is -0.757. The lowest BCUT2D eigenvalue weighted by atomic mass is 9.85. The number of nitrogens with one attached hydrogen (secondary N) is 1. The van der Waals surface area contributed by atoms with Crippen LogP contribution in [0.4, 0.5) is 0 Å². The van der Waals surface area contributed by atoms with Crippen LogP contribution in [0.1, 0.15) is 13.8 Å². The molecule has 2 N–H and O–H groups in total. The third-order valence-corrected chi connectivity index (χ3v) is 2.15. The molecule has 1 aliphatic rings. The Kier molecular flexibility index (Phi) is 2.00. The van der Waals surface area contributed by atoms with E-state index in [4.69, 9.17) is 5.11 Å². The molecule has 1 rings (SSSR count). The van der Waals surface area contributed by atoms with Gasteiger partial charge in [-0.15, -0.1) is 0 Å². The smallest absolute Gasteiger partial charge is 0.313 e. The van der Waals surface area contributed by atoms with Gasteiger partial charge < -0.3 is 10.4 Å². The summed E-state index contributed by atoms with van der Waals surface area (Å²) in [6.07, 6.45) is 1.95. The molecule has 0 spiro atoms. The first kappa shape index (κ1) is 8.27. The second kappa shape index (κ2) is 2.66. The second-order valence-corrected chi connectivity index (χ2v) is 3.29.